The largest absolute Gasteiger partial charge is 0.482 e. The molecule has 0 aliphatic rings. The van der Waals surface area contributed by atoms with Crippen molar-refractivity contribution in [3.63, 3.8) is 0 Å². The molecule has 1 atom stereocenters. The number of benzene rings is 1. The minimum Gasteiger partial charge on any atom is -0.482 e. The van der Waals surface area contributed by atoms with Crippen molar-refractivity contribution in [1.29, 1.82) is 0 Å². The maximum atomic E-state index is 11.8. The second kappa shape index (κ2) is 8.16. The van der Waals surface area contributed by atoms with Gasteiger partial charge in [-0.15, -0.1) is 0 Å². The van der Waals surface area contributed by atoms with Gasteiger partial charge in [0, 0.05) is 12.2 Å². The van der Waals surface area contributed by atoms with Gasteiger partial charge in [-0.3, -0.25) is 4.79 Å². The Labute approximate surface area is 118 Å². The Kier molecular flexibility index (Phi) is 6.52. The van der Waals surface area contributed by atoms with Gasteiger partial charge < -0.3 is 20.5 Å². The summed E-state index contributed by atoms with van der Waals surface area (Å²) in [6.45, 7) is 2.09. The van der Waals surface area contributed by atoms with E-state index in [9.17, 15) is 9.59 Å². The zero-order valence-corrected chi connectivity index (χ0v) is 11.7. The van der Waals surface area contributed by atoms with E-state index < -0.39 is 5.97 Å². The van der Waals surface area contributed by atoms with Crippen LogP contribution < -0.4 is 15.8 Å². The third-order valence-corrected chi connectivity index (χ3v) is 2.85. The minimum absolute atomic E-state index is 0.0989. The number of hydrogen-bond donors (Lipinski definition) is 2. The average molecular weight is 280 g/mol. The summed E-state index contributed by atoms with van der Waals surface area (Å²) in [5.74, 6) is -0.209. The predicted molar refractivity (Wildman–Crippen MR) is 75.4 cm³/mol. The van der Waals surface area contributed by atoms with Gasteiger partial charge in [0.25, 0.3) is 0 Å². The van der Waals surface area contributed by atoms with Gasteiger partial charge >= 0.3 is 5.97 Å². The number of nitrogens with one attached hydrogen (secondary N) is 1. The lowest BCUT2D eigenvalue weighted by Gasteiger charge is -2.13. The van der Waals surface area contributed by atoms with E-state index in [4.69, 9.17) is 10.5 Å². The molecule has 1 amide bonds. The van der Waals surface area contributed by atoms with E-state index in [0.29, 0.717) is 24.4 Å². The first-order chi connectivity index (χ1) is 9.60. The Morgan fingerprint density at radius 3 is 2.45 bits per heavy atom. The van der Waals surface area contributed by atoms with Gasteiger partial charge in [-0.25, -0.2) is 4.79 Å². The zero-order chi connectivity index (χ0) is 15.0. The summed E-state index contributed by atoms with van der Waals surface area (Å²) >= 11 is 0. The molecule has 0 bridgehead atoms. The Hall–Kier alpha value is -2.08. The van der Waals surface area contributed by atoms with E-state index >= 15 is 0 Å². The van der Waals surface area contributed by atoms with Gasteiger partial charge in [0.1, 0.15) is 5.75 Å². The van der Waals surface area contributed by atoms with Gasteiger partial charge in [-0.1, -0.05) is 6.92 Å². The molecule has 0 fully saturated rings. The molecule has 110 valence electrons. The quantitative estimate of drug-likeness (QED) is 0.731. The highest BCUT2D eigenvalue weighted by Crippen LogP contribution is 2.16. The summed E-state index contributed by atoms with van der Waals surface area (Å²) in [6.07, 6.45) is 0.697. The van der Waals surface area contributed by atoms with E-state index in [2.05, 4.69) is 10.1 Å². The topological polar surface area (TPSA) is 90.7 Å². The lowest BCUT2D eigenvalue weighted by molar-refractivity contribution is -0.142. The molecule has 0 saturated carbocycles. The molecule has 1 aromatic rings. The van der Waals surface area contributed by atoms with Crippen molar-refractivity contribution in [2.45, 2.75) is 13.3 Å². The van der Waals surface area contributed by atoms with Gasteiger partial charge in [-0.2, -0.15) is 0 Å². The summed E-state index contributed by atoms with van der Waals surface area (Å²) in [4.78, 5) is 22.8. The van der Waals surface area contributed by atoms with Crippen LogP contribution in [-0.2, 0) is 14.3 Å². The lowest BCUT2D eigenvalue weighted by atomic mass is 10.1. The summed E-state index contributed by atoms with van der Waals surface area (Å²) < 4.78 is 9.67. The van der Waals surface area contributed by atoms with E-state index in [1.54, 1.807) is 24.3 Å². The Morgan fingerprint density at radius 2 is 1.95 bits per heavy atom. The molecule has 6 heteroatoms. The molecule has 0 spiro atoms. The van der Waals surface area contributed by atoms with E-state index in [1.807, 2.05) is 6.92 Å². The summed E-state index contributed by atoms with van der Waals surface area (Å²) in [6, 6.07) is 6.74. The van der Waals surface area contributed by atoms with Crippen LogP contribution in [0.5, 0.6) is 5.75 Å². The number of nitrogens with two attached hydrogens (primary N) is 1. The normalized spacial score (nSPS) is 11.6. The Morgan fingerprint density at radius 1 is 1.30 bits per heavy atom. The molecule has 1 aromatic carbocycles. The van der Waals surface area contributed by atoms with E-state index in [0.717, 1.165) is 0 Å². The van der Waals surface area contributed by atoms with Crippen molar-refractivity contribution >= 4 is 17.6 Å². The number of anilines is 1. The van der Waals surface area contributed by atoms with Crippen LogP contribution in [0, 0.1) is 5.92 Å². The van der Waals surface area contributed by atoms with Crippen molar-refractivity contribution in [2.24, 2.45) is 11.7 Å². The van der Waals surface area contributed by atoms with Crippen molar-refractivity contribution in [2.75, 3.05) is 25.6 Å². The molecule has 0 radical (unpaired) electrons. The molecule has 3 N–H and O–H groups in total. The lowest BCUT2D eigenvalue weighted by Crippen LogP contribution is -2.28. The SMILES string of the molecule is CCC(CN)C(=O)Nc1ccc(OCC(=O)OC)cc1. The first-order valence-electron chi connectivity index (χ1n) is 6.41. The van der Waals surface area contributed by atoms with Crippen LogP contribution in [-0.4, -0.2) is 32.1 Å². The van der Waals surface area contributed by atoms with Crippen LogP contribution in [0.3, 0.4) is 0 Å². The standard InChI is InChI=1S/C14H20N2O4/c1-3-10(8-15)14(18)16-11-4-6-12(7-5-11)20-9-13(17)19-2/h4-7,10H,3,8-9,15H2,1-2H3,(H,16,18). The van der Waals surface area contributed by atoms with Gasteiger partial charge in [0.05, 0.1) is 13.0 Å². The molecule has 0 aliphatic heterocycles. The zero-order valence-electron chi connectivity index (χ0n) is 11.7. The average Bonchev–Trinajstić information content (AvgIpc) is 2.47. The summed E-state index contributed by atoms with van der Waals surface area (Å²) in [5, 5.41) is 2.78. The molecule has 6 nitrogen and oxygen atoms in total. The predicted octanol–water partition coefficient (Wildman–Crippen LogP) is 1.16. The van der Waals surface area contributed by atoms with E-state index in [-0.39, 0.29) is 18.4 Å². The Balaban J connectivity index is 2.54. The molecular formula is C14H20N2O4. The van der Waals surface area contributed by atoms with E-state index in [1.165, 1.54) is 7.11 Å². The van der Waals surface area contributed by atoms with Crippen LogP contribution >= 0.6 is 0 Å². The van der Waals surface area contributed by atoms with Crippen LogP contribution in [0.15, 0.2) is 24.3 Å². The number of amides is 1. The number of rotatable bonds is 7. The number of carbonyl (C=O) groups is 2. The number of ether oxygens (including phenoxy) is 2. The van der Waals surface area contributed by atoms with Gasteiger partial charge in [0.15, 0.2) is 6.61 Å². The summed E-state index contributed by atoms with van der Waals surface area (Å²) in [7, 11) is 1.30. The van der Waals surface area contributed by atoms with Crippen LogP contribution in [0.25, 0.3) is 0 Å². The van der Waals surface area contributed by atoms with Gasteiger partial charge in [-0.05, 0) is 30.7 Å². The fourth-order valence-electron chi connectivity index (χ4n) is 1.54. The molecule has 0 heterocycles. The van der Waals surface area contributed by atoms with Gasteiger partial charge in [0.2, 0.25) is 5.91 Å². The maximum absolute atomic E-state index is 11.8. The van der Waals surface area contributed by atoms with Crippen molar-refractivity contribution in [3.8, 4) is 5.75 Å². The molecule has 0 aliphatic carbocycles. The fourth-order valence-corrected chi connectivity index (χ4v) is 1.54. The molecule has 1 rings (SSSR count). The Bertz CT molecular complexity index is 441. The number of methoxy groups -OCH3 is 1. The van der Waals surface area contributed by atoms with Crippen molar-refractivity contribution in [1.82, 2.24) is 0 Å². The second-order valence-electron chi connectivity index (χ2n) is 4.22. The highest BCUT2D eigenvalue weighted by atomic mass is 16.6. The van der Waals surface area contributed by atoms with Crippen LogP contribution in [0.4, 0.5) is 5.69 Å². The monoisotopic (exact) mass is 280 g/mol. The smallest absolute Gasteiger partial charge is 0.343 e. The first kappa shape index (κ1) is 16.0. The third-order valence-electron chi connectivity index (χ3n) is 2.85. The molecule has 0 saturated heterocycles. The fraction of sp³-hybridized carbons (Fsp3) is 0.429. The number of hydrogen-bond acceptors (Lipinski definition) is 5. The molecule has 0 aromatic heterocycles. The van der Waals surface area contributed by atoms with Crippen molar-refractivity contribution < 1.29 is 19.1 Å². The second-order valence-corrected chi connectivity index (χ2v) is 4.22. The third kappa shape index (κ3) is 4.89. The number of carbonyl (C=O) groups excluding carboxylic acids is 2. The van der Waals surface area contributed by atoms with Crippen molar-refractivity contribution in [3.05, 3.63) is 24.3 Å². The van der Waals surface area contributed by atoms with Crippen LogP contribution in [0.2, 0.25) is 0 Å². The maximum Gasteiger partial charge on any atom is 0.343 e. The summed E-state index contributed by atoms with van der Waals surface area (Å²) in [5.41, 5.74) is 6.18. The van der Waals surface area contributed by atoms with Crippen LogP contribution in [0.1, 0.15) is 13.3 Å². The minimum atomic E-state index is -0.448. The molecule has 1 unspecified atom stereocenters. The first-order valence-corrected chi connectivity index (χ1v) is 6.41. The number of esters is 1. The highest BCUT2D eigenvalue weighted by molar-refractivity contribution is 5.92. The molecule has 20 heavy (non-hydrogen) atoms. The highest BCUT2D eigenvalue weighted by Gasteiger charge is 2.14. The molecular weight excluding hydrogens is 260 g/mol.